The Labute approximate surface area is 155 Å². The fraction of sp³-hybridized carbons (Fsp3) is 0.524. The van der Waals surface area contributed by atoms with Gasteiger partial charge in [0.25, 0.3) is 0 Å². The van der Waals surface area contributed by atoms with Gasteiger partial charge < -0.3 is 10.1 Å². The Morgan fingerprint density at radius 2 is 2.12 bits per heavy atom. The summed E-state index contributed by atoms with van der Waals surface area (Å²) in [6.07, 6.45) is 6.27. The highest BCUT2D eigenvalue weighted by Gasteiger charge is 2.22. The fourth-order valence-corrected chi connectivity index (χ4v) is 3.72. The highest BCUT2D eigenvalue weighted by molar-refractivity contribution is 5.95. The molecule has 140 valence electrons. The van der Waals surface area contributed by atoms with Crippen molar-refractivity contribution in [3.05, 3.63) is 30.0 Å². The minimum Gasteiger partial charge on any atom is -0.497 e. The van der Waals surface area contributed by atoms with E-state index in [4.69, 9.17) is 4.74 Å². The predicted octanol–water partition coefficient (Wildman–Crippen LogP) is 4.80. The zero-order valence-electron chi connectivity index (χ0n) is 16.0. The number of nitrogens with one attached hydrogen (secondary N) is 2. The molecule has 1 fully saturated rings. The lowest BCUT2D eigenvalue weighted by molar-refractivity contribution is -0.117. The smallest absolute Gasteiger partial charge is 0.224 e. The minimum absolute atomic E-state index is 0.0902. The van der Waals surface area contributed by atoms with Gasteiger partial charge in [0.2, 0.25) is 5.91 Å². The number of nitrogens with zero attached hydrogens (tertiary/aromatic N) is 1. The summed E-state index contributed by atoms with van der Waals surface area (Å²) >= 11 is 0. The van der Waals surface area contributed by atoms with E-state index >= 15 is 0 Å². The van der Waals surface area contributed by atoms with Gasteiger partial charge in [0.1, 0.15) is 11.4 Å². The Balaban J connectivity index is 1.86. The third-order valence-corrected chi connectivity index (χ3v) is 5.01. The second kappa shape index (κ2) is 8.39. The lowest BCUT2D eigenvalue weighted by Gasteiger charge is -2.12. The van der Waals surface area contributed by atoms with Crippen molar-refractivity contribution in [2.45, 2.75) is 52.4 Å². The van der Waals surface area contributed by atoms with E-state index in [1.165, 1.54) is 25.7 Å². The van der Waals surface area contributed by atoms with Crippen molar-refractivity contribution >= 4 is 11.6 Å². The largest absolute Gasteiger partial charge is 0.497 e. The predicted molar refractivity (Wildman–Crippen MR) is 104 cm³/mol. The second-order valence-corrected chi connectivity index (χ2v) is 7.66. The molecule has 1 aliphatic rings. The van der Waals surface area contributed by atoms with Crippen LogP contribution in [-0.2, 0) is 11.2 Å². The van der Waals surface area contributed by atoms with Crippen LogP contribution in [0, 0.1) is 11.8 Å². The molecule has 2 aromatic rings. The summed E-state index contributed by atoms with van der Waals surface area (Å²) in [5.41, 5.74) is 3.51. The van der Waals surface area contributed by atoms with Gasteiger partial charge in [-0.15, -0.1) is 0 Å². The first kappa shape index (κ1) is 18.5. The molecule has 1 aromatic carbocycles. The van der Waals surface area contributed by atoms with E-state index in [9.17, 15) is 4.79 Å². The number of anilines is 1. The van der Waals surface area contributed by atoms with Gasteiger partial charge in [0, 0.05) is 12.0 Å². The molecular weight excluding hydrogens is 326 g/mol. The van der Waals surface area contributed by atoms with Gasteiger partial charge in [0.05, 0.1) is 18.5 Å². The van der Waals surface area contributed by atoms with E-state index in [0.717, 1.165) is 34.8 Å². The Morgan fingerprint density at radius 3 is 2.81 bits per heavy atom. The monoisotopic (exact) mass is 355 g/mol. The summed E-state index contributed by atoms with van der Waals surface area (Å²) in [7, 11) is 1.65. The molecule has 1 aliphatic carbocycles. The normalized spacial score (nSPS) is 14.8. The molecule has 1 heterocycles. The molecule has 5 heteroatoms. The van der Waals surface area contributed by atoms with Crippen molar-refractivity contribution in [2.24, 2.45) is 11.8 Å². The Morgan fingerprint density at radius 1 is 1.35 bits per heavy atom. The summed E-state index contributed by atoms with van der Waals surface area (Å²) < 4.78 is 5.33. The highest BCUT2D eigenvalue weighted by Crippen LogP contribution is 2.33. The lowest BCUT2D eigenvalue weighted by atomic mass is 10.0. The van der Waals surface area contributed by atoms with Crippen molar-refractivity contribution < 1.29 is 9.53 Å². The number of aromatic nitrogens is 2. The van der Waals surface area contributed by atoms with Crippen molar-refractivity contribution in [3.63, 3.8) is 0 Å². The number of hydrogen-bond acceptors (Lipinski definition) is 3. The molecule has 0 aliphatic heterocycles. The van der Waals surface area contributed by atoms with Crippen LogP contribution in [0.25, 0.3) is 11.3 Å². The zero-order chi connectivity index (χ0) is 18.5. The molecule has 0 spiro atoms. The van der Waals surface area contributed by atoms with Gasteiger partial charge in [-0.25, -0.2) is 0 Å². The Kier molecular flexibility index (Phi) is 5.96. The van der Waals surface area contributed by atoms with E-state index in [2.05, 4.69) is 29.4 Å². The average molecular weight is 355 g/mol. The van der Waals surface area contributed by atoms with E-state index in [0.29, 0.717) is 18.3 Å². The van der Waals surface area contributed by atoms with Crippen LogP contribution in [-0.4, -0.2) is 23.2 Å². The topological polar surface area (TPSA) is 67.0 Å². The van der Waals surface area contributed by atoms with Gasteiger partial charge >= 0.3 is 0 Å². The minimum atomic E-state index is 0.0902. The summed E-state index contributed by atoms with van der Waals surface area (Å²) in [6.45, 7) is 4.33. The summed E-state index contributed by atoms with van der Waals surface area (Å²) in [5.74, 6) is 1.86. The number of rotatable bonds is 7. The van der Waals surface area contributed by atoms with Crippen molar-refractivity contribution in [3.8, 4) is 17.0 Å². The summed E-state index contributed by atoms with van der Waals surface area (Å²) in [6, 6.07) is 7.78. The third-order valence-electron chi connectivity index (χ3n) is 5.01. The van der Waals surface area contributed by atoms with E-state index < -0.39 is 0 Å². The number of amides is 1. The molecule has 0 bridgehead atoms. The summed E-state index contributed by atoms with van der Waals surface area (Å²) in [5, 5.41) is 10.8. The summed E-state index contributed by atoms with van der Waals surface area (Å²) in [4.78, 5) is 12.6. The number of ether oxygens (including phenoxy) is 1. The van der Waals surface area contributed by atoms with Crippen LogP contribution in [0.5, 0.6) is 5.75 Å². The van der Waals surface area contributed by atoms with Crippen LogP contribution >= 0.6 is 0 Å². The van der Waals surface area contributed by atoms with Crippen LogP contribution in [0.15, 0.2) is 24.3 Å². The molecule has 26 heavy (non-hydrogen) atoms. The number of H-pyrrole nitrogens is 1. The van der Waals surface area contributed by atoms with Gasteiger partial charge in [0.15, 0.2) is 0 Å². The molecule has 1 aromatic heterocycles. The van der Waals surface area contributed by atoms with Crippen LogP contribution in [0.1, 0.15) is 51.6 Å². The molecule has 1 saturated carbocycles. The van der Waals surface area contributed by atoms with E-state index in [1.54, 1.807) is 7.11 Å². The standard InChI is InChI=1S/C21H29N3O2/c1-14(2)11-18-21(22-19(25)12-15-7-4-5-8-15)20(24-23-18)16-9-6-10-17(13-16)26-3/h6,9-10,13-15H,4-5,7-8,11-12H2,1-3H3,(H,22,25)(H,23,24). The van der Waals surface area contributed by atoms with Crippen molar-refractivity contribution in [1.82, 2.24) is 10.2 Å². The number of methoxy groups -OCH3 is 1. The van der Waals surface area contributed by atoms with Gasteiger partial charge in [-0.05, 0) is 43.2 Å². The molecular formula is C21H29N3O2. The SMILES string of the molecule is COc1cccc(-c2n[nH]c(CC(C)C)c2NC(=O)CC2CCCC2)c1. The molecule has 0 unspecified atom stereocenters. The lowest BCUT2D eigenvalue weighted by Crippen LogP contribution is -2.16. The Hall–Kier alpha value is -2.30. The number of hydrogen-bond donors (Lipinski definition) is 2. The van der Waals surface area contributed by atoms with Crippen LogP contribution in [0.3, 0.4) is 0 Å². The second-order valence-electron chi connectivity index (χ2n) is 7.66. The van der Waals surface area contributed by atoms with Gasteiger partial charge in [-0.2, -0.15) is 5.10 Å². The van der Waals surface area contributed by atoms with E-state index in [-0.39, 0.29) is 5.91 Å². The number of benzene rings is 1. The highest BCUT2D eigenvalue weighted by atomic mass is 16.5. The number of carbonyl (C=O) groups excluding carboxylic acids is 1. The molecule has 2 N–H and O–H groups in total. The quantitative estimate of drug-likeness (QED) is 0.749. The maximum Gasteiger partial charge on any atom is 0.224 e. The molecule has 0 radical (unpaired) electrons. The first-order valence-corrected chi connectivity index (χ1v) is 9.58. The van der Waals surface area contributed by atoms with Crippen molar-refractivity contribution in [2.75, 3.05) is 12.4 Å². The molecule has 0 atom stereocenters. The molecule has 5 nitrogen and oxygen atoms in total. The third kappa shape index (κ3) is 4.45. The molecule has 3 rings (SSSR count). The van der Waals surface area contributed by atoms with E-state index in [1.807, 2.05) is 24.3 Å². The van der Waals surface area contributed by atoms with Gasteiger partial charge in [-0.1, -0.05) is 38.8 Å². The number of carbonyl (C=O) groups is 1. The van der Waals surface area contributed by atoms with Gasteiger partial charge in [-0.3, -0.25) is 9.89 Å². The average Bonchev–Trinajstić information content (AvgIpc) is 3.25. The van der Waals surface area contributed by atoms with Crippen LogP contribution in [0.4, 0.5) is 5.69 Å². The first-order valence-electron chi connectivity index (χ1n) is 9.58. The maximum atomic E-state index is 12.6. The van der Waals surface area contributed by atoms with Crippen molar-refractivity contribution in [1.29, 1.82) is 0 Å². The van der Waals surface area contributed by atoms with Crippen LogP contribution < -0.4 is 10.1 Å². The number of aromatic amines is 1. The fourth-order valence-electron chi connectivity index (χ4n) is 3.72. The molecule has 0 saturated heterocycles. The molecule has 1 amide bonds. The Bertz CT molecular complexity index is 745. The first-order chi connectivity index (χ1) is 12.6. The maximum absolute atomic E-state index is 12.6. The zero-order valence-corrected chi connectivity index (χ0v) is 16.0. The van der Waals surface area contributed by atoms with Crippen LogP contribution in [0.2, 0.25) is 0 Å².